The maximum atomic E-state index is 11.2. The van der Waals surface area contributed by atoms with Crippen molar-refractivity contribution < 1.29 is 19.8 Å². The highest BCUT2D eigenvalue weighted by Crippen LogP contribution is 2.31. The van der Waals surface area contributed by atoms with Gasteiger partial charge in [-0.15, -0.1) is 48.6 Å². The first-order valence-electron chi connectivity index (χ1n) is 9.68. The van der Waals surface area contributed by atoms with Crippen molar-refractivity contribution in [1.82, 2.24) is 9.88 Å². The molecule has 2 heterocycles. The molecule has 0 bridgehead atoms. The molecule has 1 aromatic heterocycles. The highest BCUT2D eigenvalue weighted by molar-refractivity contribution is 7.14. The van der Waals surface area contributed by atoms with Gasteiger partial charge in [-0.05, 0) is 18.4 Å². The normalized spacial score (nSPS) is 14.1. The molecule has 0 spiro atoms. The summed E-state index contributed by atoms with van der Waals surface area (Å²) in [6, 6.07) is 7.84. The van der Waals surface area contributed by atoms with Crippen LogP contribution in [0, 0.1) is 0 Å². The van der Waals surface area contributed by atoms with Crippen molar-refractivity contribution in [3.63, 3.8) is 0 Å². The molecule has 0 aliphatic carbocycles. The molecule has 13 heteroatoms. The van der Waals surface area contributed by atoms with E-state index in [-0.39, 0.29) is 56.2 Å². The predicted molar refractivity (Wildman–Crippen MR) is 138 cm³/mol. The van der Waals surface area contributed by atoms with Gasteiger partial charge in [0, 0.05) is 36.6 Å². The number of thiazole rings is 1. The standard InChI is InChI=1S/C20H25N5O4S.3ClH/c21-22-11-14-1-3-15(4-2-14)17-13-30-20(23-17)25(10-7-18(26)27)16-5-8-24(9-6-16)12-19(28)29;;;/h1-4,11,13,16H,5-10,12,21H2,(H,26,27)(H,28,29);3*1H. The Kier molecular flexibility index (Phi) is 14.0. The molecule has 0 amide bonds. The molecule has 1 aromatic carbocycles. The molecular weight excluding hydrogens is 513 g/mol. The Bertz CT molecular complexity index is 905. The molecule has 9 nitrogen and oxygen atoms in total. The maximum absolute atomic E-state index is 11.2. The molecule has 0 unspecified atom stereocenters. The highest BCUT2D eigenvalue weighted by Gasteiger charge is 2.27. The summed E-state index contributed by atoms with van der Waals surface area (Å²) in [5.41, 5.74) is 2.68. The predicted octanol–water partition coefficient (Wildman–Crippen LogP) is 3.20. The van der Waals surface area contributed by atoms with E-state index in [0.717, 1.165) is 34.8 Å². The van der Waals surface area contributed by atoms with Crippen molar-refractivity contribution in [3.05, 3.63) is 35.2 Å². The van der Waals surface area contributed by atoms with Gasteiger partial charge in [0.15, 0.2) is 5.13 Å². The Balaban J connectivity index is 0.00000341. The van der Waals surface area contributed by atoms with Crippen LogP contribution in [0.25, 0.3) is 11.3 Å². The zero-order valence-corrected chi connectivity index (χ0v) is 21.0. The van der Waals surface area contributed by atoms with Crippen molar-refractivity contribution in [2.75, 3.05) is 31.1 Å². The number of anilines is 1. The van der Waals surface area contributed by atoms with Gasteiger partial charge in [0.2, 0.25) is 0 Å². The highest BCUT2D eigenvalue weighted by atomic mass is 35.5. The molecule has 1 fully saturated rings. The number of rotatable bonds is 9. The largest absolute Gasteiger partial charge is 0.481 e. The van der Waals surface area contributed by atoms with Crippen LogP contribution in [0.5, 0.6) is 0 Å². The molecule has 0 radical (unpaired) electrons. The van der Waals surface area contributed by atoms with Gasteiger partial charge in [0.1, 0.15) is 0 Å². The van der Waals surface area contributed by atoms with Crippen LogP contribution < -0.4 is 10.7 Å². The van der Waals surface area contributed by atoms with Gasteiger partial charge in [-0.1, -0.05) is 24.3 Å². The lowest BCUT2D eigenvalue weighted by molar-refractivity contribution is -0.139. The number of hydrogen-bond acceptors (Lipinski definition) is 8. The lowest BCUT2D eigenvalue weighted by Gasteiger charge is -2.37. The van der Waals surface area contributed by atoms with E-state index < -0.39 is 11.9 Å². The molecule has 184 valence electrons. The van der Waals surface area contributed by atoms with E-state index in [1.54, 1.807) is 6.21 Å². The number of likely N-dealkylation sites (tertiary alicyclic amines) is 1. The van der Waals surface area contributed by atoms with Gasteiger partial charge < -0.3 is 21.0 Å². The first-order chi connectivity index (χ1) is 14.5. The number of nitrogens with two attached hydrogens (primary N) is 1. The van der Waals surface area contributed by atoms with E-state index in [1.165, 1.54) is 11.3 Å². The number of benzene rings is 1. The Hall–Kier alpha value is -2.11. The number of carboxylic acid groups (broad SMARTS) is 2. The number of nitrogens with zero attached hydrogens (tertiary/aromatic N) is 4. The fourth-order valence-corrected chi connectivity index (χ4v) is 4.52. The number of piperidine rings is 1. The Morgan fingerprint density at radius 3 is 2.33 bits per heavy atom. The Morgan fingerprint density at radius 1 is 1.15 bits per heavy atom. The monoisotopic (exact) mass is 539 g/mol. The fourth-order valence-electron chi connectivity index (χ4n) is 3.59. The van der Waals surface area contributed by atoms with E-state index in [1.807, 2.05) is 34.5 Å². The number of halogens is 3. The molecule has 33 heavy (non-hydrogen) atoms. The van der Waals surface area contributed by atoms with Gasteiger partial charge >= 0.3 is 11.9 Å². The number of aliphatic carboxylic acids is 2. The molecule has 1 saturated heterocycles. The van der Waals surface area contributed by atoms with Gasteiger partial charge in [-0.3, -0.25) is 14.5 Å². The van der Waals surface area contributed by atoms with E-state index in [0.29, 0.717) is 19.6 Å². The summed E-state index contributed by atoms with van der Waals surface area (Å²) in [7, 11) is 0. The van der Waals surface area contributed by atoms with Crippen LogP contribution in [0.15, 0.2) is 34.7 Å². The van der Waals surface area contributed by atoms with Gasteiger partial charge in [-0.25, -0.2) is 4.98 Å². The molecule has 1 aliphatic rings. The summed E-state index contributed by atoms with van der Waals surface area (Å²) in [5.74, 6) is 3.50. The smallest absolute Gasteiger partial charge is 0.317 e. The first kappa shape index (κ1) is 30.9. The summed E-state index contributed by atoms with van der Waals surface area (Å²) in [5, 5.41) is 24.4. The molecular formula is C20H28Cl3N5O4S. The van der Waals surface area contributed by atoms with E-state index in [2.05, 4.69) is 10.0 Å². The minimum Gasteiger partial charge on any atom is -0.481 e. The molecule has 0 saturated carbocycles. The van der Waals surface area contributed by atoms with Gasteiger partial charge in [-0.2, -0.15) is 5.10 Å². The minimum absolute atomic E-state index is 0. The summed E-state index contributed by atoms with van der Waals surface area (Å²) in [6.07, 6.45) is 3.14. The van der Waals surface area contributed by atoms with Gasteiger partial charge in [0.25, 0.3) is 0 Å². The summed E-state index contributed by atoms with van der Waals surface area (Å²) < 4.78 is 0. The average Bonchev–Trinajstić information content (AvgIpc) is 3.19. The first-order valence-corrected chi connectivity index (χ1v) is 10.6. The number of hydrogen-bond donors (Lipinski definition) is 3. The van der Waals surface area contributed by atoms with Crippen molar-refractivity contribution in [2.45, 2.75) is 25.3 Å². The van der Waals surface area contributed by atoms with Crippen LogP contribution in [0.4, 0.5) is 5.13 Å². The summed E-state index contributed by atoms with van der Waals surface area (Å²) in [4.78, 5) is 30.8. The second-order valence-corrected chi connectivity index (χ2v) is 7.99. The fraction of sp³-hybridized carbons (Fsp3) is 0.400. The third-order valence-corrected chi connectivity index (χ3v) is 5.97. The van der Waals surface area contributed by atoms with Gasteiger partial charge in [0.05, 0.1) is 24.9 Å². The van der Waals surface area contributed by atoms with Crippen molar-refractivity contribution in [2.24, 2.45) is 10.9 Å². The molecule has 0 atom stereocenters. The molecule has 2 aromatic rings. The Labute approximate surface area is 214 Å². The average molecular weight is 541 g/mol. The Morgan fingerprint density at radius 2 is 1.79 bits per heavy atom. The van der Waals surface area contributed by atoms with Crippen LogP contribution >= 0.6 is 48.6 Å². The van der Waals surface area contributed by atoms with Crippen LogP contribution in [0.3, 0.4) is 0 Å². The zero-order valence-electron chi connectivity index (χ0n) is 17.7. The maximum Gasteiger partial charge on any atom is 0.317 e. The minimum atomic E-state index is -0.850. The summed E-state index contributed by atoms with van der Waals surface area (Å²) in [6.45, 7) is 1.75. The van der Waals surface area contributed by atoms with Crippen molar-refractivity contribution in [3.8, 4) is 11.3 Å². The van der Waals surface area contributed by atoms with E-state index in [4.69, 9.17) is 21.0 Å². The van der Waals surface area contributed by atoms with Crippen molar-refractivity contribution in [1.29, 1.82) is 0 Å². The number of aromatic nitrogens is 1. The molecule has 4 N–H and O–H groups in total. The van der Waals surface area contributed by atoms with Crippen LogP contribution in [0.2, 0.25) is 0 Å². The topological polar surface area (TPSA) is 132 Å². The molecule has 1 aliphatic heterocycles. The SMILES string of the molecule is Cl.Cl.Cl.NN=Cc1ccc(-c2csc(N(CCC(=O)O)C3CCN(CC(=O)O)CC3)n2)cc1. The number of carbonyl (C=O) groups is 2. The number of hydrazone groups is 1. The second kappa shape index (κ2) is 14.9. The van der Waals surface area contributed by atoms with Crippen LogP contribution in [-0.2, 0) is 9.59 Å². The quantitative estimate of drug-likeness (QED) is 0.251. The summed E-state index contributed by atoms with van der Waals surface area (Å²) >= 11 is 1.49. The van der Waals surface area contributed by atoms with E-state index >= 15 is 0 Å². The second-order valence-electron chi connectivity index (χ2n) is 7.15. The third kappa shape index (κ3) is 8.98. The molecule has 3 rings (SSSR count). The lowest BCUT2D eigenvalue weighted by Crippen LogP contribution is -2.47. The lowest BCUT2D eigenvalue weighted by atomic mass is 10.0. The third-order valence-electron chi connectivity index (χ3n) is 5.09. The number of carboxylic acids is 2. The van der Waals surface area contributed by atoms with Crippen molar-refractivity contribution >= 4 is 71.8 Å². The van der Waals surface area contributed by atoms with Crippen LogP contribution in [-0.4, -0.2) is 70.5 Å². The zero-order chi connectivity index (χ0) is 21.5. The van der Waals surface area contributed by atoms with Crippen LogP contribution in [0.1, 0.15) is 24.8 Å². The van der Waals surface area contributed by atoms with E-state index in [9.17, 15) is 9.59 Å².